The Balaban J connectivity index is 1.29. The molecule has 0 saturated carbocycles. The molecule has 2 heterocycles. The van der Waals surface area contributed by atoms with E-state index in [2.05, 4.69) is 0 Å². The summed E-state index contributed by atoms with van der Waals surface area (Å²) in [4.78, 5) is 26.1. The highest BCUT2D eigenvalue weighted by Gasteiger charge is 2.38. The second kappa shape index (κ2) is 11.9. The molecule has 1 atom stereocenters. The molecule has 0 radical (unpaired) electrons. The predicted octanol–water partition coefficient (Wildman–Crippen LogP) is 6.39. The number of ketones is 1. The minimum absolute atomic E-state index is 0.0795. The Labute approximate surface area is 249 Å². The predicted molar refractivity (Wildman–Crippen MR) is 160 cm³/mol. The van der Waals surface area contributed by atoms with Gasteiger partial charge in [0.05, 0.1) is 39.9 Å². The highest BCUT2D eigenvalue weighted by atomic mass is 16.5. The number of hydrogen-bond donors (Lipinski definition) is 0. The average Bonchev–Trinajstić information content (AvgIpc) is 3.35. The van der Waals surface area contributed by atoms with E-state index in [0.29, 0.717) is 52.9 Å². The molecule has 0 amide bonds. The Morgan fingerprint density at radius 2 is 1.51 bits per heavy atom. The highest BCUT2D eigenvalue weighted by molar-refractivity contribution is 6.15. The van der Waals surface area contributed by atoms with Gasteiger partial charge in [0.1, 0.15) is 23.0 Å². The van der Waals surface area contributed by atoms with Crippen LogP contribution in [0.25, 0.3) is 6.08 Å². The van der Waals surface area contributed by atoms with E-state index in [0.717, 1.165) is 22.4 Å². The smallest absolute Gasteiger partial charge is 0.312 e. The van der Waals surface area contributed by atoms with Crippen molar-refractivity contribution in [3.63, 3.8) is 0 Å². The number of benzene rings is 4. The Bertz CT molecular complexity index is 1700. The van der Waals surface area contributed by atoms with Crippen LogP contribution in [0.1, 0.15) is 45.0 Å². The molecular formula is C35H30O8. The van der Waals surface area contributed by atoms with Gasteiger partial charge in [-0.1, -0.05) is 30.3 Å². The van der Waals surface area contributed by atoms with E-state index in [4.69, 9.17) is 28.4 Å². The molecular weight excluding hydrogens is 548 g/mol. The van der Waals surface area contributed by atoms with Crippen LogP contribution < -0.4 is 28.4 Å². The number of hydrogen-bond acceptors (Lipinski definition) is 8. The van der Waals surface area contributed by atoms with Gasteiger partial charge < -0.3 is 28.4 Å². The molecule has 6 rings (SSSR count). The van der Waals surface area contributed by atoms with E-state index >= 15 is 0 Å². The van der Waals surface area contributed by atoms with E-state index in [1.165, 1.54) is 0 Å². The SMILES string of the molecule is COc1ccc(/C=C2\Oc3c(ccc4c3[C@H](c3ccc(OC)c(OCCc5ccc(OC)cc5)c3)CC(=O)O4)C2=O)cc1. The van der Waals surface area contributed by atoms with Gasteiger partial charge in [-0.3, -0.25) is 9.59 Å². The van der Waals surface area contributed by atoms with Crippen molar-refractivity contribution in [1.82, 2.24) is 0 Å². The molecule has 0 aromatic heterocycles. The molecule has 218 valence electrons. The molecule has 8 heteroatoms. The molecule has 4 aromatic rings. The number of Topliss-reactive ketones (excluding diaryl/α,β-unsaturated/α-hetero) is 1. The second-order valence-electron chi connectivity index (χ2n) is 10.2. The Morgan fingerprint density at radius 3 is 2.21 bits per heavy atom. The summed E-state index contributed by atoms with van der Waals surface area (Å²) in [7, 11) is 4.82. The van der Waals surface area contributed by atoms with Crippen LogP contribution in [0.5, 0.6) is 34.5 Å². The molecule has 43 heavy (non-hydrogen) atoms. The summed E-state index contributed by atoms with van der Waals surface area (Å²) in [6.07, 6.45) is 2.46. The fourth-order valence-electron chi connectivity index (χ4n) is 5.34. The minimum Gasteiger partial charge on any atom is -0.497 e. The number of esters is 1. The molecule has 0 aliphatic carbocycles. The third-order valence-electron chi connectivity index (χ3n) is 7.59. The molecule has 4 aromatic carbocycles. The molecule has 0 N–H and O–H groups in total. The van der Waals surface area contributed by atoms with Crippen molar-refractivity contribution < 1.29 is 38.0 Å². The van der Waals surface area contributed by atoms with Gasteiger partial charge in [-0.25, -0.2) is 0 Å². The zero-order valence-electron chi connectivity index (χ0n) is 24.0. The number of allylic oxidation sites excluding steroid dienone is 1. The Kier molecular flexibility index (Phi) is 7.75. The Morgan fingerprint density at radius 1 is 0.791 bits per heavy atom. The van der Waals surface area contributed by atoms with Crippen LogP contribution in [-0.2, 0) is 11.2 Å². The summed E-state index contributed by atoms with van der Waals surface area (Å²) in [5, 5.41) is 0. The third kappa shape index (κ3) is 5.64. The Hall–Kier alpha value is -5.24. The monoisotopic (exact) mass is 578 g/mol. The van der Waals surface area contributed by atoms with Gasteiger partial charge in [0.25, 0.3) is 0 Å². The zero-order chi connectivity index (χ0) is 29.9. The van der Waals surface area contributed by atoms with E-state index < -0.39 is 5.92 Å². The molecule has 0 unspecified atom stereocenters. The molecule has 8 nitrogen and oxygen atoms in total. The number of rotatable bonds is 9. The standard InChI is InChI=1S/C35H30O8/c1-38-24-9-4-21(5-10-24)16-17-41-30-19-23(8-14-28(30)40-3)27-20-32(36)42-29-15-13-26-34(37)31(43-35(26)33(27)29)18-22-6-11-25(39-2)12-7-22/h4-15,18-19,27H,16-17,20H2,1-3H3/b31-18-/t27-/m0/s1. The first kappa shape index (κ1) is 27.9. The van der Waals surface area contributed by atoms with Crippen LogP contribution in [0.15, 0.2) is 84.6 Å². The lowest BCUT2D eigenvalue weighted by Gasteiger charge is -2.27. The zero-order valence-corrected chi connectivity index (χ0v) is 24.0. The second-order valence-corrected chi connectivity index (χ2v) is 10.2. The van der Waals surface area contributed by atoms with Gasteiger partial charge in [0.15, 0.2) is 17.3 Å². The van der Waals surface area contributed by atoms with Crippen molar-refractivity contribution in [2.75, 3.05) is 27.9 Å². The maximum Gasteiger partial charge on any atom is 0.312 e. The lowest BCUT2D eigenvalue weighted by Crippen LogP contribution is -2.21. The third-order valence-corrected chi connectivity index (χ3v) is 7.59. The molecule has 0 bridgehead atoms. The summed E-state index contributed by atoms with van der Waals surface area (Å²) in [5.74, 6) is 2.59. The maximum absolute atomic E-state index is 13.4. The van der Waals surface area contributed by atoms with Crippen LogP contribution in [0, 0.1) is 0 Å². The molecule has 0 spiro atoms. The fraction of sp³-hybridized carbons (Fsp3) is 0.200. The number of ether oxygens (including phenoxy) is 6. The topological polar surface area (TPSA) is 89.5 Å². The minimum atomic E-state index is -0.422. The van der Waals surface area contributed by atoms with Gasteiger partial charge in [0.2, 0.25) is 5.78 Å². The summed E-state index contributed by atoms with van der Waals surface area (Å²) in [6.45, 7) is 0.419. The summed E-state index contributed by atoms with van der Waals surface area (Å²) >= 11 is 0. The van der Waals surface area contributed by atoms with E-state index in [1.54, 1.807) is 39.5 Å². The lowest BCUT2D eigenvalue weighted by atomic mass is 9.84. The van der Waals surface area contributed by atoms with Crippen molar-refractivity contribution >= 4 is 17.8 Å². The van der Waals surface area contributed by atoms with Crippen LogP contribution in [0.4, 0.5) is 0 Å². The number of fused-ring (bicyclic) bond motifs is 3. The number of methoxy groups -OCH3 is 3. The first-order valence-electron chi connectivity index (χ1n) is 13.9. The maximum atomic E-state index is 13.4. The summed E-state index contributed by atoms with van der Waals surface area (Å²) in [5.41, 5.74) is 3.79. The van der Waals surface area contributed by atoms with Crippen molar-refractivity contribution in [2.45, 2.75) is 18.8 Å². The molecule has 0 saturated heterocycles. The van der Waals surface area contributed by atoms with Gasteiger partial charge in [0, 0.05) is 17.9 Å². The highest BCUT2D eigenvalue weighted by Crippen LogP contribution is 2.49. The van der Waals surface area contributed by atoms with Gasteiger partial charge in [-0.05, 0) is 71.3 Å². The van der Waals surface area contributed by atoms with Crippen molar-refractivity contribution in [2.24, 2.45) is 0 Å². The van der Waals surface area contributed by atoms with E-state index in [-0.39, 0.29) is 23.9 Å². The molecule has 2 aliphatic rings. The molecule has 0 fully saturated rings. The summed E-state index contributed by atoms with van der Waals surface area (Å²) in [6, 6.07) is 24.1. The van der Waals surface area contributed by atoms with Gasteiger partial charge >= 0.3 is 5.97 Å². The van der Waals surface area contributed by atoms with Crippen molar-refractivity contribution in [1.29, 1.82) is 0 Å². The van der Waals surface area contributed by atoms with Crippen LogP contribution >= 0.6 is 0 Å². The normalized spacial score (nSPS) is 16.2. The average molecular weight is 579 g/mol. The number of carbonyl (C=O) groups is 2. The largest absolute Gasteiger partial charge is 0.497 e. The number of carbonyl (C=O) groups excluding carboxylic acids is 2. The quantitative estimate of drug-likeness (QED) is 0.128. The first-order chi connectivity index (χ1) is 21.0. The van der Waals surface area contributed by atoms with Crippen LogP contribution in [0.3, 0.4) is 0 Å². The summed E-state index contributed by atoms with van der Waals surface area (Å²) < 4.78 is 34.0. The van der Waals surface area contributed by atoms with Crippen LogP contribution in [0.2, 0.25) is 0 Å². The molecule has 2 aliphatic heterocycles. The fourth-order valence-corrected chi connectivity index (χ4v) is 5.34. The van der Waals surface area contributed by atoms with Crippen molar-refractivity contribution in [3.8, 4) is 34.5 Å². The van der Waals surface area contributed by atoms with E-state index in [1.807, 2.05) is 66.7 Å². The van der Waals surface area contributed by atoms with Gasteiger partial charge in [-0.2, -0.15) is 0 Å². The first-order valence-corrected chi connectivity index (χ1v) is 13.9. The van der Waals surface area contributed by atoms with Crippen molar-refractivity contribution in [3.05, 3.63) is 112 Å². The van der Waals surface area contributed by atoms with E-state index in [9.17, 15) is 9.59 Å². The van der Waals surface area contributed by atoms with Crippen LogP contribution in [-0.4, -0.2) is 39.7 Å². The lowest BCUT2D eigenvalue weighted by molar-refractivity contribution is -0.135. The van der Waals surface area contributed by atoms with Gasteiger partial charge in [-0.15, -0.1) is 0 Å².